The third-order valence-corrected chi connectivity index (χ3v) is 3.25. The summed E-state index contributed by atoms with van der Waals surface area (Å²) >= 11 is 0. The second-order valence-corrected chi connectivity index (χ2v) is 6.59. The molecule has 2 N–H and O–H groups in total. The van der Waals surface area contributed by atoms with Crippen LogP contribution >= 0.6 is 0 Å². The summed E-state index contributed by atoms with van der Waals surface area (Å²) in [6.07, 6.45) is 2.32. The van der Waals surface area contributed by atoms with Gasteiger partial charge in [0.2, 0.25) is 5.91 Å². The lowest BCUT2D eigenvalue weighted by Crippen LogP contribution is -2.48. The van der Waals surface area contributed by atoms with Gasteiger partial charge in [-0.05, 0) is 33.6 Å². The number of carboxylic acid groups (broad SMARTS) is 1. The van der Waals surface area contributed by atoms with E-state index < -0.39 is 23.7 Å². The first-order valence-corrected chi connectivity index (χ1v) is 7.66. The van der Waals surface area contributed by atoms with E-state index in [9.17, 15) is 14.4 Å². The molecule has 1 saturated heterocycles. The molecule has 0 radical (unpaired) electrons. The average molecular weight is 314 g/mol. The molecular formula is C15H26N2O5. The molecular weight excluding hydrogens is 288 g/mol. The van der Waals surface area contributed by atoms with Gasteiger partial charge in [-0.2, -0.15) is 0 Å². The number of amides is 2. The SMILES string of the molecule is CC(C)(C)OC(=O)N[C@@H](CC(=O)O)CN1CCCCCC1=O. The quantitative estimate of drug-likeness (QED) is 0.806. The topological polar surface area (TPSA) is 95.9 Å². The summed E-state index contributed by atoms with van der Waals surface area (Å²) < 4.78 is 5.14. The van der Waals surface area contributed by atoms with Crippen molar-refractivity contribution in [3.63, 3.8) is 0 Å². The first-order valence-electron chi connectivity index (χ1n) is 7.66. The zero-order valence-corrected chi connectivity index (χ0v) is 13.6. The smallest absolute Gasteiger partial charge is 0.407 e. The zero-order chi connectivity index (χ0) is 16.8. The Labute approximate surface area is 131 Å². The van der Waals surface area contributed by atoms with Crippen molar-refractivity contribution in [3.05, 3.63) is 0 Å². The number of ether oxygens (including phenoxy) is 1. The third kappa shape index (κ3) is 7.28. The molecule has 0 aromatic carbocycles. The fourth-order valence-corrected chi connectivity index (χ4v) is 2.34. The van der Waals surface area contributed by atoms with Crippen LogP contribution in [0.3, 0.4) is 0 Å². The van der Waals surface area contributed by atoms with Crippen LogP contribution < -0.4 is 5.32 Å². The van der Waals surface area contributed by atoms with Crippen LogP contribution in [0.15, 0.2) is 0 Å². The second kappa shape index (κ2) is 8.00. The molecule has 0 spiro atoms. The van der Waals surface area contributed by atoms with Gasteiger partial charge in [0.15, 0.2) is 0 Å². The van der Waals surface area contributed by atoms with Crippen LogP contribution in [0.25, 0.3) is 0 Å². The number of nitrogens with one attached hydrogen (secondary N) is 1. The van der Waals surface area contributed by atoms with E-state index in [1.807, 2.05) is 0 Å². The molecule has 126 valence electrons. The number of hydrogen-bond donors (Lipinski definition) is 2. The standard InChI is InChI=1S/C15H26N2O5/c1-15(2,3)22-14(21)16-11(9-13(19)20)10-17-8-6-4-5-7-12(17)18/h11H,4-10H2,1-3H3,(H,16,21)(H,19,20)/t11-/m0/s1. The monoisotopic (exact) mass is 314 g/mol. The van der Waals surface area contributed by atoms with E-state index in [0.29, 0.717) is 13.0 Å². The number of rotatable bonds is 5. The summed E-state index contributed by atoms with van der Waals surface area (Å²) in [6.45, 7) is 6.00. The molecule has 1 aliphatic heterocycles. The van der Waals surface area contributed by atoms with Crippen molar-refractivity contribution in [1.29, 1.82) is 0 Å². The molecule has 0 unspecified atom stereocenters. The van der Waals surface area contributed by atoms with Gasteiger partial charge < -0.3 is 20.1 Å². The summed E-state index contributed by atoms with van der Waals surface area (Å²) in [5, 5.41) is 11.5. The Morgan fingerprint density at radius 3 is 2.59 bits per heavy atom. The molecule has 0 aromatic rings. The number of carbonyl (C=O) groups is 3. The Balaban J connectivity index is 2.65. The Bertz CT molecular complexity index is 417. The van der Waals surface area contributed by atoms with Gasteiger partial charge in [-0.25, -0.2) is 4.79 Å². The molecule has 7 nitrogen and oxygen atoms in total. The molecule has 2 amide bonds. The highest BCUT2D eigenvalue weighted by atomic mass is 16.6. The molecule has 1 heterocycles. The molecule has 1 atom stereocenters. The van der Waals surface area contributed by atoms with Crippen LogP contribution in [0.5, 0.6) is 0 Å². The van der Waals surface area contributed by atoms with Crippen molar-refractivity contribution < 1.29 is 24.2 Å². The largest absolute Gasteiger partial charge is 0.481 e. The van der Waals surface area contributed by atoms with E-state index in [-0.39, 0.29) is 18.9 Å². The molecule has 1 rings (SSSR count). The van der Waals surface area contributed by atoms with Gasteiger partial charge in [-0.3, -0.25) is 9.59 Å². The highest BCUT2D eigenvalue weighted by molar-refractivity contribution is 5.77. The highest BCUT2D eigenvalue weighted by Gasteiger charge is 2.25. The predicted molar refractivity (Wildman–Crippen MR) is 80.5 cm³/mol. The summed E-state index contributed by atoms with van der Waals surface area (Å²) in [5.74, 6) is -1.01. The van der Waals surface area contributed by atoms with Gasteiger partial charge >= 0.3 is 12.1 Å². The number of nitrogens with zero attached hydrogens (tertiary/aromatic N) is 1. The van der Waals surface area contributed by atoms with Crippen LogP contribution in [0.1, 0.15) is 52.9 Å². The Morgan fingerprint density at radius 1 is 1.32 bits per heavy atom. The molecule has 0 saturated carbocycles. The molecule has 7 heteroatoms. The third-order valence-electron chi connectivity index (χ3n) is 3.25. The fourth-order valence-electron chi connectivity index (χ4n) is 2.34. The number of alkyl carbamates (subject to hydrolysis) is 1. The Kier molecular flexibility index (Phi) is 6.64. The minimum atomic E-state index is -1.02. The molecule has 0 aliphatic carbocycles. The van der Waals surface area contributed by atoms with Crippen molar-refractivity contribution in [1.82, 2.24) is 10.2 Å². The average Bonchev–Trinajstić information content (AvgIpc) is 2.51. The number of hydrogen-bond acceptors (Lipinski definition) is 4. The number of likely N-dealkylation sites (tertiary alicyclic amines) is 1. The van der Waals surface area contributed by atoms with Crippen LogP contribution in [0.4, 0.5) is 4.79 Å². The van der Waals surface area contributed by atoms with E-state index in [2.05, 4.69) is 5.32 Å². The van der Waals surface area contributed by atoms with E-state index >= 15 is 0 Å². The first-order chi connectivity index (χ1) is 10.2. The maximum Gasteiger partial charge on any atom is 0.407 e. The number of aliphatic carboxylic acids is 1. The fraction of sp³-hybridized carbons (Fsp3) is 0.800. The maximum atomic E-state index is 12.0. The van der Waals surface area contributed by atoms with Gasteiger partial charge in [-0.1, -0.05) is 6.42 Å². The molecule has 1 aliphatic rings. The van der Waals surface area contributed by atoms with Crippen LogP contribution in [-0.4, -0.2) is 52.7 Å². The van der Waals surface area contributed by atoms with Gasteiger partial charge in [0.25, 0.3) is 0 Å². The molecule has 0 bridgehead atoms. The van der Waals surface area contributed by atoms with E-state index in [0.717, 1.165) is 19.3 Å². The maximum absolute atomic E-state index is 12.0. The minimum Gasteiger partial charge on any atom is -0.481 e. The summed E-state index contributed by atoms with van der Waals surface area (Å²) in [4.78, 5) is 36.4. The van der Waals surface area contributed by atoms with Crippen molar-refractivity contribution in [2.45, 2.75) is 64.5 Å². The van der Waals surface area contributed by atoms with Crippen LogP contribution in [0, 0.1) is 0 Å². The lowest BCUT2D eigenvalue weighted by atomic mass is 10.2. The van der Waals surface area contributed by atoms with Gasteiger partial charge in [-0.15, -0.1) is 0 Å². The minimum absolute atomic E-state index is 0.0128. The Hall–Kier alpha value is -1.79. The van der Waals surface area contributed by atoms with Crippen molar-refractivity contribution in [2.24, 2.45) is 0 Å². The lowest BCUT2D eigenvalue weighted by Gasteiger charge is -2.27. The molecule has 0 aromatic heterocycles. The van der Waals surface area contributed by atoms with Crippen molar-refractivity contribution >= 4 is 18.0 Å². The molecule has 22 heavy (non-hydrogen) atoms. The summed E-state index contributed by atoms with van der Waals surface area (Å²) in [7, 11) is 0. The van der Waals surface area contributed by atoms with Gasteiger partial charge in [0.1, 0.15) is 5.60 Å². The van der Waals surface area contributed by atoms with Crippen molar-refractivity contribution in [3.8, 4) is 0 Å². The van der Waals surface area contributed by atoms with E-state index in [1.54, 1.807) is 25.7 Å². The number of carboxylic acids is 1. The summed E-state index contributed by atoms with van der Waals surface area (Å²) in [5.41, 5.74) is -0.656. The second-order valence-electron chi connectivity index (χ2n) is 6.59. The van der Waals surface area contributed by atoms with Gasteiger partial charge in [0, 0.05) is 19.5 Å². The Morgan fingerprint density at radius 2 is 2.00 bits per heavy atom. The molecule has 1 fully saturated rings. The van der Waals surface area contributed by atoms with Crippen LogP contribution in [-0.2, 0) is 14.3 Å². The van der Waals surface area contributed by atoms with Crippen LogP contribution in [0.2, 0.25) is 0 Å². The lowest BCUT2D eigenvalue weighted by molar-refractivity contribution is -0.138. The highest BCUT2D eigenvalue weighted by Crippen LogP contribution is 2.13. The normalized spacial score (nSPS) is 17.6. The van der Waals surface area contributed by atoms with E-state index in [4.69, 9.17) is 9.84 Å². The number of carbonyl (C=O) groups excluding carboxylic acids is 2. The van der Waals surface area contributed by atoms with Crippen molar-refractivity contribution in [2.75, 3.05) is 13.1 Å². The summed E-state index contributed by atoms with van der Waals surface area (Å²) in [6, 6.07) is -0.658. The zero-order valence-electron chi connectivity index (χ0n) is 13.6. The van der Waals surface area contributed by atoms with E-state index in [1.165, 1.54) is 0 Å². The first kappa shape index (κ1) is 18.3. The van der Waals surface area contributed by atoms with Gasteiger partial charge in [0.05, 0.1) is 12.5 Å². The predicted octanol–water partition coefficient (Wildman–Crippen LogP) is 1.76.